The van der Waals surface area contributed by atoms with Gasteiger partial charge < -0.3 is 30.0 Å². The zero-order valence-electron chi connectivity index (χ0n) is 19.9. The van der Waals surface area contributed by atoms with E-state index in [1.165, 1.54) is 0 Å². The molecule has 3 N–H and O–H groups in total. The van der Waals surface area contributed by atoms with Crippen molar-refractivity contribution in [3.63, 3.8) is 0 Å². The molecule has 176 valence electrons. The van der Waals surface area contributed by atoms with Crippen molar-refractivity contribution in [3.05, 3.63) is 24.2 Å². The standard InChI is InChI=1S/C22H39N5O4/c1-8-23-20(25-15-19(28)24-14-17-10-9-13-30-17)27(7)12-11-18(16(2)3)26-21(29)31-22(4,5)6/h9-10,13,16,18H,8,11-12,14-15H2,1-7H3,(H,23,25)(H,24,28)(H,26,29). The average molecular weight is 438 g/mol. The lowest BCUT2D eigenvalue weighted by atomic mass is 10.0. The van der Waals surface area contributed by atoms with Gasteiger partial charge in [0.25, 0.3) is 0 Å². The average Bonchev–Trinajstić information content (AvgIpc) is 3.18. The van der Waals surface area contributed by atoms with E-state index in [1.807, 2.05) is 39.6 Å². The van der Waals surface area contributed by atoms with Gasteiger partial charge in [-0.2, -0.15) is 0 Å². The Morgan fingerprint density at radius 3 is 2.52 bits per heavy atom. The van der Waals surface area contributed by atoms with E-state index >= 15 is 0 Å². The van der Waals surface area contributed by atoms with Crippen LogP contribution in [0.15, 0.2) is 27.8 Å². The largest absolute Gasteiger partial charge is 0.467 e. The molecule has 31 heavy (non-hydrogen) atoms. The van der Waals surface area contributed by atoms with Crippen LogP contribution < -0.4 is 16.0 Å². The summed E-state index contributed by atoms with van der Waals surface area (Å²) < 4.78 is 10.6. The number of amides is 2. The summed E-state index contributed by atoms with van der Waals surface area (Å²) in [4.78, 5) is 30.6. The van der Waals surface area contributed by atoms with Crippen LogP contribution in [-0.4, -0.2) is 61.2 Å². The minimum Gasteiger partial charge on any atom is -0.467 e. The Morgan fingerprint density at radius 2 is 1.97 bits per heavy atom. The van der Waals surface area contributed by atoms with Crippen molar-refractivity contribution in [2.24, 2.45) is 10.9 Å². The van der Waals surface area contributed by atoms with Crippen LogP contribution in [0, 0.1) is 5.92 Å². The number of guanidine groups is 1. The molecule has 1 atom stereocenters. The highest BCUT2D eigenvalue weighted by atomic mass is 16.6. The normalized spacial score (nSPS) is 13.0. The molecule has 0 saturated heterocycles. The topological polar surface area (TPSA) is 108 Å². The Labute approximate surface area is 186 Å². The van der Waals surface area contributed by atoms with Crippen molar-refractivity contribution in [2.75, 3.05) is 26.7 Å². The van der Waals surface area contributed by atoms with Gasteiger partial charge in [-0.1, -0.05) is 13.8 Å². The summed E-state index contributed by atoms with van der Waals surface area (Å²) in [6.45, 7) is 13.3. The van der Waals surface area contributed by atoms with Crippen molar-refractivity contribution in [1.82, 2.24) is 20.9 Å². The molecule has 1 aromatic rings. The Bertz CT molecular complexity index is 695. The predicted octanol–water partition coefficient (Wildman–Crippen LogP) is 2.73. The number of carbonyl (C=O) groups excluding carboxylic acids is 2. The molecular formula is C22H39N5O4. The van der Waals surface area contributed by atoms with Crippen LogP contribution in [0.5, 0.6) is 0 Å². The Hall–Kier alpha value is -2.71. The molecule has 0 aliphatic carbocycles. The van der Waals surface area contributed by atoms with Gasteiger partial charge in [0.1, 0.15) is 17.9 Å². The van der Waals surface area contributed by atoms with Crippen LogP contribution >= 0.6 is 0 Å². The first kappa shape index (κ1) is 26.3. The van der Waals surface area contributed by atoms with Crippen molar-refractivity contribution in [3.8, 4) is 0 Å². The van der Waals surface area contributed by atoms with Gasteiger partial charge in [0, 0.05) is 26.2 Å². The quantitative estimate of drug-likeness (QED) is 0.384. The van der Waals surface area contributed by atoms with Crippen LogP contribution in [0.25, 0.3) is 0 Å². The Balaban J connectivity index is 2.59. The maximum absolute atomic E-state index is 12.1. The highest BCUT2D eigenvalue weighted by molar-refractivity contribution is 5.84. The van der Waals surface area contributed by atoms with E-state index in [0.717, 1.165) is 0 Å². The fourth-order valence-electron chi connectivity index (χ4n) is 2.74. The highest BCUT2D eigenvalue weighted by Gasteiger charge is 2.22. The van der Waals surface area contributed by atoms with Gasteiger partial charge in [0.05, 0.1) is 12.8 Å². The van der Waals surface area contributed by atoms with E-state index in [-0.39, 0.29) is 24.4 Å². The minimum atomic E-state index is -0.537. The second-order valence-electron chi connectivity index (χ2n) is 8.73. The molecule has 0 aromatic carbocycles. The number of alkyl carbamates (subject to hydrolysis) is 1. The van der Waals surface area contributed by atoms with Gasteiger partial charge in [-0.05, 0) is 52.2 Å². The molecule has 9 nitrogen and oxygen atoms in total. The molecule has 1 unspecified atom stereocenters. The minimum absolute atomic E-state index is 0.0111. The molecule has 0 fully saturated rings. The third kappa shape index (κ3) is 11.3. The first-order chi connectivity index (χ1) is 14.5. The van der Waals surface area contributed by atoms with Crippen LogP contribution in [0.1, 0.15) is 53.7 Å². The van der Waals surface area contributed by atoms with Crippen molar-refractivity contribution >= 4 is 18.0 Å². The molecule has 0 aliphatic heterocycles. The lowest BCUT2D eigenvalue weighted by Gasteiger charge is -2.28. The molecule has 1 heterocycles. The molecular weight excluding hydrogens is 398 g/mol. The number of furan rings is 1. The summed E-state index contributed by atoms with van der Waals surface area (Å²) in [5, 5.41) is 8.94. The number of hydrogen-bond acceptors (Lipinski definition) is 5. The number of rotatable bonds is 10. The van der Waals surface area contributed by atoms with Gasteiger partial charge in [0.2, 0.25) is 5.91 Å². The smallest absolute Gasteiger partial charge is 0.407 e. The van der Waals surface area contributed by atoms with E-state index in [4.69, 9.17) is 9.15 Å². The molecule has 0 aliphatic rings. The summed E-state index contributed by atoms with van der Waals surface area (Å²) in [6.07, 6.45) is 1.87. The fraction of sp³-hybridized carbons (Fsp3) is 0.682. The molecule has 0 spiro atoms. The number of nitrogens with one attached hydrogen (secondary N) is 3. The Morgan fingerprint density at radius 1 is 1.26 bits per heavy atom. The first-order valence-electron chi connectivity index (χ1n) is 10.8. The summed E-state index contributed by atoms with van der Waals surface area (Å²) >= 11 is 0. The zero-order chi connectivity index (χ0) is 23.4. The lowest BCUT2D eigenvalue weighted by molar-refractivity contribution is -0.119. The summed E-state index contributed by atoms with van der Waals surface area (Å²) in [5.74, 6) is 1.38. The molecule has 1 aromatic heterocycles. The second kappa shape index (κ2) is 12.9. The molecule has 9 heteroatoms. The van der Waals surface area contributed by atoms with Crippen LogP contribution in [0.4, 0.5) is 4.79 Å². The van der Waals surface area contributed by atoms with Crippen molar-refractivity contribution in [1.29, 1.82) is 0 Å². The predicted molar refractivity (Wildman–Crippen MR) is 122 cm³/mol. The first-order valence-corrected chi connectivity index (χ1v) is 10.8. The third-order valence-electron chi connectivity index (χ3n) is 4.39. The van der Waals surface area contributed by atoms with E-state index in [9.17, 15) is 9.59 Å². The summed E-state index contributed by atoms with van der Waals surface area (Å²) in [5.41, 5.74) is -0.537. The molecule has 1 rings (SSSR count). The van der Waals surface area contributed by atoms with Gasteiger partial charge in [-0.15, -0.1) is 0 Å². The zero-order valence-corrected chi connectivity index (χ0v) is 19.9. The van der Waals surface area contributed by atoms with E-state index in [0.29, 0.717) is 37.8 Å². The maximum atomic E-state index is 12.1. The van der Waals surface area contributed by atoms with Crippen molar-refractivity contribution in [2.45, 2.75) is 66.2 Å². The third-order valence-corrected chi connectivity index (χ3v) is 4.39. The van der Waals surface area contributed by atoms with E-state index < -0.39 is 11.7 Å². The summed E-state index contributed by atoms with van der Waals surface area (Å²) in [7, 11) is 1.91. The molecule has 0 bridgehead atoms. The monoisotopic (exact) mass is 437 g/mol. The van der Waals surface area contributed by atoms with Crippen molar-refractivity contribution < 1.29 is 18.7 Å². The number of hydrogen-bond donors (Lipinski definition) is 3. The molecule has 0 radical (unpaired) electrons. The fourth-order valence-corrected chi connectivity index (χ4v) is 2.74. The lowest BCUT2D eigenvalue weighted by Crippen LogP contribution is -2.45. The summed E-state index contributed by atoms with van der Waals surface area (Å²) in [6, 6.07) is 3.54. The van der Waals surface area contributed by atoms with Gasteiger partial charge in [-0.3, -0.25) is 4.79 Å². The van der Waals surface area contributed by atoms with Gasteiger partial charge in [0.15, 0.2) is 5.96 Å². The molecule has 0 saturated carbocycles. The Kier molecular flexibility index (Phi) is 10.9. The van der Waals surface area contributed by atoms with Gasteiger partial charge >= 0.3 is 6.09 Å². The van der Waals surface area contributed by atoms with Crippen LogP contribution in [0.2, 0.25) is 0 Å². The van der Waals surface area contributed by atoms with E-state index in [2.05, 4.69) is 34.8 Å². The number of aliphatic imine (C=N–C) groups is 1. The number of nitrogens with zero attached hydrogens (tertiary/aromatic N) is 2. The number of carbonyl (C=O) groups is 2. The SMILES string of the molecule is CCNC(=NCC(=O)NCc1ccco1)N(C)CCC(NC(=O)OC(C)(C)C)C(C)C. The number of ether oxygens (including phenoxy) is 1. The molecule has 2 amide bonds. The second-order valence-corrected chi connectivity index (χ2v) is 8.73. The van der Waals surface area contributed by atoms with Gasteiger partial charge in [-0.25, -0.2) is 9.79 Å². The van der Waals surface area contributed by atoms with Crippen LogP contribution in [0.3, 0.4) is 0 Å². The maximum Gasteiger partial charge on any atom is 0.407 e. The van der Waals surface area contributed by atoms with Crippen LogP contribution in [-0.2, 0) is 16.1 Å². The van der Waals surface area contributed by atoms with E-state index in [1.54, 1.807) is 18.4 Å². The highest BCUT2D eigenvalue weighted by Crippen LogP contribution is 2.11.